The van der Waals surface area contributed by atoms with Crippen LogP contribution in [0.2, 0.25) is 0 Å². The number of hydrogen-bond donors (Lipinski definition) is 3. The molecule has 12 nitrogen and oxygen atoms in total. The van der Waals surface area contributed by atoms with E-state index in [1.165, 1.54) is 9.58 Å². The maximum Gasteiger partial charge on any atom is 0.319 e. The van der Waals surface area contributed by atoms with Gasteiger partial charge in [0.25, 0.3) is 5.91 Å². The van der Waals surface area contributed by atoms with Crippen molar-refractivity contribution in [1.29, 1.82) is 5.26 Å². The fourth-order valence-electron chi connectivity index (χ4n) is 4.20. The second kappa shape index (κ2) is 9.30. The molecule has 5 rings (SSSR count). The Labute approximate surface area is 204 Å². The number of amides is 5. The molecule has 0 aliphatic carbocycles. The fourth-order valence-corrected chi connectivity index (χ4v) is 4.20. The van der Waals surface area contributed by atoms with Crippen LogP contribution in [-0.2, 0) is 22.7 Å². The summed E-state index contributed by atoms with van der Waals surface area (Å²) in [6.07, 6.45) is 2.13. The fraction of sp³-hybridized carbons (Fsp3) is 0.208. The number of anilines is 1. The molecular formula is C24H20N8O4. The van der Waals surface area contributed by atoms with E-state index in [0.29, 0.717) is 41.2 Å². The third-order valence-electron chi connectivity index (χ3n) is 6.00. The van der Waals surface area contributed by atoms with Gasteiger partial charge in [-0.2, -0.15) is 5.26 Å². The number of urea groups is 1. The van der Waals surface area contributed by atoms with Crippen molar-refractivity contribution in [2.75, 3.05) is 5.32 Å². The van der Waals surface area contributed by atoms with E-state index in [9.17, 15) is 19.2 Å². The molecular weight excluding hydrogens is 464 g/mol. The highest BCUT2D eigenvalue weighted by atomic mass is 16.2. The van der Waals surface area contributed by atoms with Crippen molar-refractivity contribution in [2.24, 2.45) is 0 Å². The number of hydrogen-bond acceptors (Lipinski definition) is 7. The minimum Gasteiger partial charge on any atom is -0.332 e. The summed E-state index contributed by atoms with van der Waals surface area (Å²) in [7, 11) is 0. The lowest BCUT2D eigenvalue weighted by atomic mass is 10.0. The van der Waals surface area contributed by atoms with E-state index >= 15 is 0 Å². The second-order valence-corrected chi connectivity index (χ2v) is 8.40. The Morgan fingerprint density at radius 3 is 2.86 bits per heavy atom. The average Bonchev–Trinajstić information content (AvgIpc) is 3.47. The van der Waals surface area contributed by atoms with E-state index in [2.05, 4.69) is 26.3 Å². The van der Waals surface area contributed by atoms with Crippen LogP contribution in [0.25, 0.3) is 5.69 Å². The molecule has 1 atom stereocenters. The number of rotatable bonds is 5. The molecule has 0 radical (unpaired) electrons. The van der Waals surface area contributed by atoms with Crippen molar-refractivity contribution in [3.05, 3.63) is 71.0 Å². The summed E-state index contributed by atoms with van der Waals surface area (Å²) < 4.78 is 1.49. The van der Waals surface area contributed by atoms with Crippen LogP contribution in [0.1, 0.15) is 40.0 Å². The second-order valence-electron chi connectivity index (χ2n) is 8.40. The van der Waals surface area contributed by atoms with Gasteiger partial charge in [-0.3, -0.25) is 19.7 Å². The molecule has 1 aromatic heterocycles. The third-order valence-corrected chi connectivity index (χ3v) is 6.00. The van der Waals surface area contributed by atoms with Gasteiger partial charge in [0.05, 0.1) is 30.1 Å². The zero-order valence-electron chi connectivity index (χ0n) is 18.9. The van der Waals surface area contributed by atoms with Crippen molar-refractivity contribution in [3.63, 3.8) is 0 Å². The molecule has 12 heteroatoms. The molecule has 0 bridgehead atoms. The van der Waals surface area contributed by atoms with E-state index in [4.69, 9.17) is 5.26 Å². The summed E-state index contributed by atoms with van der Waals surface area (Å²) in [5, 5.41) is 24.7. The molecule has 1 fully saturated rings. The van der Waals surface area contributed by atoms with E-state index in [0.717, 1.165) is 5.56 Å². The van der Waals surface area contributed by atoms with Crippen molar-refractivity contribution in [2.45, 2.75) is 32.0 Å². The Morgan fingerprint density at radius 1 is 1.19 bits per heavy atom. The first-order valence-corrected chi connectivity index (χ1v) is 11.2. The highest BCUT2D eigenvalue weighted by Gasteiger charge is 2.39. The molecule has 180 valence electrons. The Morgan fingerprint density at radius 2 is 2.06 bits per heavy atom. The molecule has 0 spiro atoms. The predicted molar refractivity (Wildman–Crippen MR) is 124 cm³/mol. The van der Waals surface area contributed by atoms with Gasteiger partial charge in [-0.15, -0.1) is 5.10 Å². The molecule has 5 amide bonds. The quantitative estimate of drug-likeness (QED) is 0.459. The van der Waals surface area contributed by atoms with Gasteiger partial charge in [-0.1, -0.05) is 17.3 Å². The van der Waals surface area contributed by atoms with Gasteiger partial charge >= 0.3 is 6.03 Å². The Bertz CT molecular complexity index is 1440. The summed E-state index contributed by atoms with van der Waals surface area (Å²) in [6.45, 7) is 0.399. The summed E-state index contributed by atoms with van der Waals surface area (Å²) >= 11 is 0. The monoisotopic (exact) mass is 484 g/mol. The highest BCUT2D eigenvalue weighted by molar-refractivity contribution is 6.05. The minimum absolute atomic E-state index is 0.108. The van der Waals surface area contributed by atoms with Crippen molar-refractivity contribution < 1.29 is 19.2 Å². The summed E-state index contributed by atoms with van der Waals surface area (Å²) in [6, 6.07) is 12.7. The molecule has 3 N–H and O–H groups in total. The topological polar surface area (TPSA) is 162 Å². The van der Waals surface area contributed by atoms with Crippen molar-refractivity contribution in [3.8, 4) is 11.8 Å². The zero-order valence-corrected chi connectivity index (χ0v) is 18.9. The van der Waals surface area contributed by atoms with Gasteiger partial charge in [0.1, 0.15) is 11.7 Å². The average molecular weight is 484 g/mol. The normalized spacial score (nSPS) is 16.8. The van der Waals surface area contributed by atoms with Gasteiger partial charge < -0.3 is 15.5 Å². The van der Waals surface area contributed by atoms with Gasteiger partial charge in [-0.25, -0.2) is 9.48 Å². The number of fused-ring (bicyclic) bond motifs is 1. The Balaban J connectivity index is 1.23. The van der Waals surface area contributed by atoms with Crippen LogP contribution in [0.5, 0.6) is 0 Å². The lowest BCUT2D eigenvalue weighted by molar-refractivity contribution is -0.136. The van der Waals surface area contributed by atoms with E-state index in [-0.39, 0.29) is 24.8 Å². The SMILES string of the molecule is N#Cc1cccc(NC(=O)NCc2cn(-c3ccc4c(c3)C(=O)N(C3CCC(=O)NC3=O)C4)nn2)c1. The maximum absolute atomic E-state index is 13.0. The number of imide groups is 1. The largest absolute Gasteiger partial charge is 0.332 e. The molecule has 0 saturated carbocycles. The van der Waals surface area contributed by atoms with Crippen LogP contribution in [0.4, 0.5) is 10.5 Å². The van der Waals surface area contributed by atoms with Crippen molar-refractivity contribution >= 4 is 29.4 Å². The lowest BCUT2D eigenvalue weighted by Crippen LogP contribution is -2.52. The Hall–Kier alpha value is -5.05. The first-order valence-electron chi connectivity index (χ1n) is 11.2. The van der Waals surface area contributed by atoms with Crippen LogP contribution in [0.15, 0.2) is 48.7 Å². The molecule has 36 heavy (non-hydrogen) atoms. The number of piperidine rings is 1. The lowest BCUT2D eigenvalue weighted by Gasteiger charge is -2.29. The van der Waals surface area contributed by atoms with Crippen LogP contribution < -0.4 is 16.0 Å². The molecule has 3 aromatic rings. The number of aromatic nitrogens is 3. The number of carbonyl (C=O) groups is 4. The van der Waals surface area contributed by atoms with Crippen molar-refractivity contribution in [1.82, 2.24) is 30.5 Å². The summed E-state index contributed by atoms with van der Waals surface area (Å²) in [5.74, 6) is -1.06. The molecule has 2 aromatic carbocycles. The zero-order chi connectivity index (χ0) is 25.2. The molecule has 3 heterocycles. The number of benzene rings is 2. The summed E-state index contributed by atoms with van der Waals surface area (Å²) in [5.41, 5.74) is 3.27. The van der Waals surface area contributed by atoms with E-state index in [1.54, 1.807) is 48.7 Å². The first kappa shape index (κ1) is 22.7. The number of nitrogens with one attached hydrogen (secondary N) is 3. The minimum atomic E-state index is -0.677. The standard InChI is InChI=1S/C24H20N8O4/c25-10-14-2-1-3-16(8-14)27-24(36)26-11-17-13-32(30-29-17)18-5-4-15-12-31(23(35)19(15)9-18)20-6-7-21(33)28-22(20)34/h1-5,8-9,13,20H,6-7,11-12H2,(H2,26,27,36)(H,28,33,34). The Kier molecular flexibility index (Phi) is 5.87. The molecule has 1 unspecified atom stereocenters. The van der Waals surface area contributed by atoms with Gasteiger partial charge in [0, 0.05) is 24.2 Å². The van der Waals surface area contributed by atoms with Gasteiger partial charge in [0.2, 0.25) is 11.8 Å². The third kappa shape index (κ3) is 4.49. The molecule has 1 saturated heterocycles. The van der Waals surface area contributed by atoms with Crippen LogP contribution in [-0.4, -0.2) is 49.7 Å². The number of carbonyl (C=O) groups excluding carboxylic acids is 4. The number of nitriles is 1. The van der Waals surface area contributed by atoms with Gasteiger partial charge in [-0.05, 0) is 42.3 Å². The molecule has 2 aliphatic heterocycles. The van der Waals surface area contributed by atoms with Crippen LogP contribution in [0, 0.1) is 11.3 Å². The van der Waals surface area contributed by atoms with Gasteiger partial charge in [0.15, 0.2) is 0 Å². The highest BCUT2D eigenvalue weighted by Crippen LogP contribution is 2.29. The first-order chi connectivity index (χ1) is 17.4. The predicted octanol–water partition coefficient (Wildman–Crippen LogP) is 1.22. The van der Waals surface area contributed by atoms with Crippen LogP contribution in [0.3, 0.4) is 0 Å². The smallest absolute Gasteiger partial charge is 0.319 e. The molecule has 2 aliphatic rings. The van der Waals surface area contributed by atoms with Crippen LogP contribution >= 0.6 is 0 Å². The maximum atomic E-state index is 13.0. The number of nitrogens with zero attached hydrogens (tertiary/aromatic N) is 5. The van der Waals surface area contributed by atoms with E-state index in [1.807, 2.05) is 6.07 Å². The van der Waals surface area contributed by atoms with E-state index < -0.39 is 18.0 Å². The summed E-state index contributed by atoms with van der Waals surface area (Å²) in [4.78, 5) is 50.3.